The van der Waals surface area contributed by atoms with Gasteiger partial charge in [-0.3, -0.25) is 0 Å². The minimum atomic E-state index is -0.412. The molecule has 1 atom stereocenters. The van der Waals surface area contributed by atoms with E-state index in [4.69, 9.17) is 4.74 Å². The molecule has 1 saturated heterocycles. The average molecular weight is 223 g/mol. The molecule has 0 spiro atoms. The Morgan fingerprint density at radius 1 is 1.25 bits per heavy atom. The van der Waals surface area contributed by atoms with Crippen LogP contribution in [0, 0.1) is 0 Å². The van der Waals surface area contributed by atoms with Crippen molar-refractivity contribution in [3.63, 3.8) is 0 Å². The van der Waals surface area contributed by atoms with Gasteiger partial charge in [-0.2, -0.15) is 0 Å². The summed E-state index contributed by atoms with van der Waals surface area (Å²) in [4.78, 5) is 0. The third-order valence-electron chi connectivity index (χ3n) is 2.94. The molecule has 1 fully saturated rings. The van der Waals surface area contributed by atoms with Crippen LogP contribution < -0.4 is 10.1 Å². The van der Waals surface area contributed by atoms with Crippen molar-refractivity contribution in [1.82, 2.24) is 5.32 Å². The van der Waals surface area contributed by atoms with Crippen LogP contribution in [0.1, 0.15) is 24.8 Å². The highest BCUT2D eigenvalue weighted by Gasteiger charge is 2.12. The van der Waals surface area contributed by atoms with Crippen molar-refractivity contribution in [1.29, 1.82) is 0 Å². The number of hydrogen-bond donors (Lipinski definition) is 1. The van der Waals surface area contributed by atoms with Crippen molar-refractivity contribution in [2.45, 2.75) is 32.0 Å². The number of ether oxygens (including phenoxy) is 1. The Kier molecular flexibility index (Phi) is 4.17. The van der Waals surface area contributed by atoms with Crippen molar-refractivity contribution in [2.24, 2.45) is 0 Å². The molecule has 1 aromatic rings. The van der Waals surface area contributed by atoms with Crippen LogP contribution in [0.15, 0.2) is 24.3 Å². The summed E-state index contributed by atoms with van der Waals surface area (Å²) in [6.07, 6.45) is 3.73. The summed E-state index contributed by atoms with van der Waals surface area (Å²) in [5, 5.41) is 3.43. The highest BCUT2D eigenvalue weighted by atomic mass is 19.1. The van der Waals surface area contributed by atoms with E-state index >= 15 is 0 Å². The standard InChI is InChI=1S/C13H18FNO/c14-9-11-4-6-13(7-5-11)16-10-12-3-1-2-8-15-12/h4-7,12,15H,1-3,8-10H2. The van der Waals surface area contributed by atoms with Crippen LogP contribution in [0.2, 0.25) is 0 Å². The second-order valence-electron chi connectivity index (χ2n) is 4.24. The first-order chi connectivity index (χ1) is 7.88. The Morgan fingerprint density at radius 3 is 2.69 bits per heavy atom. The van der Waals surface area contributed by atoms with E-state index in [1.165, 1.54) is 19.3 Å². The van der Waals surface area contributed by atoms with E-state index in [0.717, 1.165) is 12.3 Å². The van der Waals surface area contributed by atoms with Gasteiger partial charge in [0.1, 0.15) is 19.0 Å². The van der Waals surface area contributed by atoms with Gasteiger partial charge in [0.15, 0.2) is 0 Å². The fourth-order valence-corrected chi connectivity index (χ4v) is 1.94. The number of nitrogens with one attached hydrogen (secondary N) is 1. The topological polar surface area (TPSA) is 21.3 Å². The second kappa shape index (κ2) is 5.85. The molecule has 0 saturated carbocycles. The molecule has 1 unspecified atom stereocenters. The van der Waals surface area contributed by atoms with E-state index in [9.17, 15) is 4.39 Å². The van der Waals surface area contributed by atoms with E-state index in [1.807, 2.05) is 12.1 Å². The van der Waals surface area contributed by atoms with Gasteiger partial charge < -0.3 is 10.1 Å². The molecule has 1 aliphatic rings. The smallest absolute Gasteiger partial charge is 0.119 e. The highest BCUT2D eigenvalue weighted by molar-refractivity contribution is 5.26. The minimum absolute atomic E-state index is 0.412. The first kappa shape index (κ1) is 11.4. The normalized spacial score (nSPS) is 20.7. The predicted molar refractivity (Wildman–Crippen MR) is 62.4 cm³/mol. The van der Waals surface area contributed by atoms with Crippen molar-refractivity contribution in [3.05, 3.63) is 29.8 Å². The van der Waals surface area contributed by atoms with Gasteiger partial charge in [-0.05, 0) is 37.1 Å². The molecule has 2 rings (SSSR count). The van der Waals surface area contributed by atoms with Crippen LogP contribution in [0.3, 0.4) is 0 Å². The summed E-state index contributed by atoms with van der Waals surface area (Å²) in [5.74, 6) is 0.824. The van der Waals surface area contributed by atoms with Gasteiger partial charge in [-0.15, -0.1) is 0 Å². The van der Waals surface area contributed by atoms with E-state index in [0.29, 0.717) is 18.2 Å². The first-order valence-corrected chi connectivity index (χ1v) is 5.89. The van der Waals surface area contributed by atoms with Gasteiger partial charge in [0.05, 0.1) is 0 Å². The molecule has 0 aromatic heterocycles. The number of halogens is 1. The summed E-state index contributed by atoms with van der Waals surface area (Å²) in [6, 6.07) is 7.66. The molecule has 0 bridgehead atoms. The van der Waals surface area contributed by atoms with Gasteiger partial charge >= 0.3 is 0 Å². The molecule has 3 heteroatoms. The Bertz CT molecular complexity index is 306. The quantitative estimate of drug-likeness (QED) is 0.847. The van der Waals surface area contributed by atoms with Gasteiger partial charge in [0, 0.05) is 6.04 Å². The number of rotatable bonds is 4. The van der Waals surface area contributed by atoms with E-state index in [1.54, 1.807) is 12.1 Å². The summed E-state index contributed by atoms with van der Waals surface area (Å²) in [7, 11) is 0. The molecule has 88 valence electrons. The van der Waals surface area contributed by atoms with Gasteiger partial charge in [0.2, 0.25) is 0 Å². The van der Waals surface area contributed by atoms with Crippen LogP contribution in [0.5, 0.6) is 5.75 Å². The molecule has 0 radical (unpaired) electrons. The van der Waals surface area contributed by atoms with Crippen molar-refractivity contribution < 1.29 is 9.13 Å². The zero-order valence-electron chi connectivity index (χ0n) is 9.42. The third kappa shape index (κ3) is 3.20. The van der Waals surface area contributed by atoms with Crippen molar-refractivity contribution in [3.8, 4) is 5.75 Å². The van der Waals surface area contributed by atoms with Gasteiger partial charge in [-0.25, -0.2) is 4.39 Å². The van der Waals surface area contributed by atoms with E-state index < -0.39 is 6.67 Å². The van der Waals surface area contributed by atoms with Crippen molar-refractivity contribution in [2.75, 3.05) is 13.2 Å². The molecule has 1 heterocycles. The number of benzene rings is 1. The molecule has 1 aliphatic heterocycles. The lowest BCUT2D eigenvalue weighted by atomic mass is 10.1. The molecule has 16 heavy (non-hydrogen) atoms. The Labute approximate surface area is 95.8 Å². The molecule has 1 N–H and O–H groups in total. The van der Waals surface area contributed by atoms with Crippen LogP contribution >= 0.6 is 0 Å². The Balaban J connectivity index is 1.79. The average Bonchev–Trinajstić information content (AvgIpc) is 2.38. The second-order valence-corrected chi connectivity index (χ2v) is 4.24. The minimum Gasteiger partial charge on any atom is -0.492 e. The lowest BCUT2D eigenvalue weighted by molar-refractivity contribution is 0.239. The molecular weight excluding hydrogens is 205 g/mol. The summed E-state index contributed by atoms with van der Waals surface area (Å²) in [6.45, 7) is 1.38. The van der Waals surface area contributed by atoms with Crippen LogP contribution in [0.25, 0.3) is 0 Å². The lowest BCUT2D eigenvalue weighted by Crippen LogP contribution is -2.38. The van der Waals surface area contributed by atoms with Gasteiger partial charge in [-0.1, -0.05) is 18.6 Å². The fourth-order valence-electron chi connectivity index (χ4n) is 1.94. The number of piperidine rings is 1. The maximum atomic E-state index is 12.3. The largest absolute Gasteiger partial charge is 0.492 e. The highest BCUT2D eigenvalue weighted by Crippen LogP contribution is 2.14. The SMILES string of the molecule is FCc1ccc(OCC2CCCCN2)cc1. The van der Waals surface area contributed by atoms with Crippen LogP contribution in [0.4, 0.5) is 4.39 Å². The monoisotopic (exact) mass is 223 g/mol. The number of hydrogen-bond acceptors (Lipinski definition) is 2. The Hall–Kier alpha value is -1.09. The third-order valence-corrected chi connectivity index (χ3v) is 2.94. The Morgan fingerprint density at radius 2 is 2.06 bits per heavy atom. The molecule has 0 amide bonds. The zero-order chi connectivity index (χ0) is 11.2. The first-order valence-electron chi connectivity index (χ1n) is 5.89. The summed E-state index contributed by atoms with van der Waals surface area (Å²) >= 11 is 0. The van der Waals surface area contributed by atoms with E-state index in [2.05, 4.69) is 5.32 Å². The lowest BCUT2D eigenvalue weighted by Gasteiger charge is -2.23. The van der Waals surface area contributed by atoms with Crippen LogP contribution in [-0.4, -0.2) is 19.2 Å². The van der Waals surface area contributed by atoms with E-state index in [-0.39, 0.29) is 0 Å². The summed E-state index contributed by atoms with van der Waals surface area (Å²) < 4.78 is 17.9. The number of alkyl halides is 1. The molecule has 1 aromatic carbocycles. The van der Waals surface area contributed by atoms with Gasteiger partial charge in [0.25, 0.3) is 0 Å². The van der Waals surface area contributed by atoms with Crippen LogP contribution in [-0.2, 0) is 6.67 Å². The maximum absolute atomic E-state index is 12.3. The molecule has 0 aliphatic carbocycles. The molecule has 2 nitrogen and oxygen atoms in total. The zero-order valence-corrected chi connectivity index (χ0v) is 9.42. The predicted octanol–water partition coefficient (Wildman–Crippen LogP) is 2.68. The fraction of sp³-hybridized carbons (Fsp3) is 0.538. The molecular formula is C13H18FNO. The summed E-state index contributed by atoms with van der Waals surface area (Å²) in [5.41, 5.74) is 0.697. The van der Waals surface area contributed by atoms with Crippen molar-refractivity contribution >= 4 is 0 Å². The maximum Gasteiger partial charge on any atom is 0.119 e.